The van der Waals surface area contributed by atoms with Gasteiger partial charge in [-0.25, -0.2) is 16.8 Å². The molecule has 0 heterocycles. The lowest BCUT2D eigenvalue weighted by Crippen LogP contribution is -2.07. The van der Waals surface area contributed by atoms with E-state index in [1.165, 1.54) is 72.8 Å². The molecule has 3 aromatic rings. The summed E-state index contributed by atoms with van der Waals surface area (Å²) < 4.78 is 50.1. The Morgan fingerprint density at radius 1 is 0.500 bits per heavy atom. The molecule has 0 aromatic heterocycles. The number of benzene rings is 3. The molecule has 6 nitrogen and oxygen atoms in total. The van der Waals surface area contributed by atoms with Gasteiger partial charge in [-0.3, -0.25) is 0 Å². The molecule has 0 saturated carbocycles. The van der Waals surface area contributed by atoms with Crippen LogP contribution in [0.25, 0.3) is 0 Å². The zero-order chi connectivity index (χ0) is 20.4. The van der Waals surface area contributed by atoms with Crippen LogP contribution < -0.4 is 0 Å². The SMILES string of the molecule is O=S(=O)(Cc1ccc(O)cc1)c1ccc(S(=O)(=O)Cc2ccc(O)cc2)cc1. The summed E-state index contributed by atoms with van der Waals surface area (Å²) in [6.45, 7) is 0. The van der Waals surface area contributed by atoms with E-state index in [-0.39, 0.29) is 32.8 Å². The highest BCUT2D eigenvalue weighted by Gasteiger charge is 2.19. The van der Waals surface area contributed by atoms with Crippen molar-refractivity contribution < 1.29 is 27.0 Å². The largest absolute Gasteiger partial charge is 0.508 e. The fourth-order valence-corrected chi connectivity index (χ4v) is 5.34. The summed E-state index contributed by atoms with van der Waals surface area (Å²) in [6, 6.07) is 16.8. The predicted octanol–water partition coefficient (Wildman–Crippen LogP) is 3.05. The van der Waals surface area contributed by atoms with E-state index >= 15 is 0 Å². The van der Waals surface area contributed by atoms with Crippen LogP contribution in [-0.2, 0) is 31.2 Å². The van der Waals surface area contributed by atoms with Gasteiger partial charge in [0.15, 0.2) is 19.7 Å². The minimum atomic E-state index is -3.66. The Kier molecular flexibility index (Phi) is 5.44. The molecule has 0 aliphatic carbocycles. The standard InChI is InChI=1S/C20H18O6S2/c21-17-5-1-15(2-6-17)13-27(23,24)19-9-11-20(12-10-19)28(25,26)14-16-3-7-18(22)8-4-16/h1-12,21-22H,13-14H2. The first kappa shape index (κ1) is 19.9. The summed E-state index contributed by atoms with van der Waals surface area (Å²) in [5.41, 5.74) is 1.03. The first-order valence-corrected chi connectivity index (χ1v) is 11.6. The lowest BCUT2D eigenvalue weighted by atomic mass is 10.2. The van der Waals surface area contributed by atoms with Crippen molar-refractivity contribution in [2.45, 2.75) is 21.3 Å². The molecule has 0 unspecified atom stereocenters. The van der Waals surface area contributed by atoms with Crippen LogP contribution >= 0.6 is 0 Å². The van der Waals surface area contributed by atoms with Crippen molar-refractivity contribution in [3.05, 3.63) is 83.9 Å². The molecule has 0 aliphatic rings. The monoisotopic (exact) mass is 418 g/mol. The van der Waals surface area contributed by atoms with Gasteiger partial charge in [-0.2, -0.15) is 0 Å². The topological polar surface area (TPSA) is 109 Å². The van der Waals surface area contributed by atoms with Crippen LogP contribution in [0.2, 0.25) is 0 Å². The van der Waals surface area contributed by atoms with Crippen LogP contribution in [0.1, 0.15) is 11.1 Å². The van der Waals surface area contributed by atoms with E-state index < -0.39 is 19.7 Å². The van der Waals surface area contributed by atoms with Gasteiger partial charge in [0.1, 0.15) is 11.5 Å². The molecule has 0 fully saturated rings. The van der Waals surface area contributed by atoms with Gasteiger partial charge in [0.25, 0.3) is 0 Å². The van der Waals surface area contributed by atoms with E-state index in [0.717, 1.165) is 0 Å². The maximum absolute atomic E-state index is 12.5. The summed E-state index contributed by atoms with van der Waals surface area (Å²) in [5.74, 6) is -0.423. The number of rotatable bonds is 6. The highest BCUT2D eigenvalue weighted by Crippen LogP contribution is 2.22. The van der Waals surface area contributed by atoms with Gasteiger partial charge < -0.3 is 10.2 Å². The molecule has 146 valence electrons. The molecule has 0 bridgehead atoms. The van der Waals surface area contributed by atoms with E-state index in [1.54, 1.807) is 0 Å². The van der Waals surface area contributed by atoms with Crippen molar-refractivity contribution in [3.8, 4) is 11.5 Å². The quantitative estimate of drug-likeness (QED) is 0.637. The number of phenolic OH excluding ortho intramolecular Hbond substituents is 2. The zero-order valence-corrected chi connectivity index (χ0v) is 16.3. The molecule has 3 aromatic carbocycles. The number of hydrogen-bond donors (Lipinski definition) is 2. The molecule has 8 heteroatoms. The Morgan fingerprint density at radius 3 is 1.07 bits per heavy atom. The zero-order valence-electron chi connectivity index (χ0n) is 14.7. The molecule has 3 rings (SSSR count). The summed E-state index contributed by atoms with van der Waals surface area (Å²) in [5, 5.41) is 18.6. The second-order valence-electron chi connectivity index (χ2n) is 6.32. The Bertz CT molecular complexity index is 1070. The van der Waals surface area contributed by atoms with Crippen molar-refractivity contribution in [3.63, 3.8) is 0 Å². The Hall–Kier alpha value is -2.84. The van der Waals surface area contributed by atoms with E-state index in [9.17, 15) is 27.0 Å². The van der Waals surface area contributed by atoms with Crippen LogP contribution in [0, 0.1) is 0 Å². The molecule has 28 heavy (non-hydrogen) atoms. The van der Waals surface area contributed by atoms with Crippen LogP contribution in [0.3, 0.4) is 0 Å². The molecular formula is C20H18O6S2. The van der Waals surface area contributed by atoms with Crippen LogP contribution in [0.5, 0.6) is 11.5 Å². The van der Waals surface area contributed by atoms with Gasteiger partial charge in [-0.1, -0.05) is 24.3 Å². The molecule has 0 aliphatic heterocycles. The van der Waals surface area contributed by atoms with E-state index in [1.807, 2.05) is 0 Å². The van der Waals surface area contributed by atoms with Gasteiger partial charge in [-0.15, -0.1) is 0 Å². The maximum Gasteiger partial charge on any atom is 0.182 e. The Labute approximate surface area is 163 Å². The minimum absolute atomic E-state index is 0.0177. The number of hydrogen-bond acceptors (Lipinski definition) is 6. The molecule has 0 atom stereocenters. The average Bonchev–Trinajstić information content (AvgIpc) is 2.65. The van der Waals surface area contributed by atoms with E-state index in [0.29, 0.717) is 11.1 Å². The van der Waals surface area contributed by atoms with Gasteiger partial charge in [0.05, 0.1) is 21.3 Å². The first-order chi connectivity index (χ1) is 13.2. The molecule has 0 amide bonds. The van der Waals surface area contributed by atoms with E-state index in [2.05, 4.69) is 0 Å². The molecule has 0 spiro atoms. The molecule has 0 saturated heterocycles. The summed E-state index contributed by atoms with van der Waals surface area (Å²) >= 11 is 0. The van der Waals surface area contributed by atoms with Gasteiger partial charge >= 0.3 is 0 Å². The molecular weight excluding hydrogens is 400 g/mol. The van der Waals surface area contributed by atoms with Crippen molar-refractivity contribution >= 4 is 19.7 Å². The second-order valence-corrected chi connectivity index (χ2v) is 10.3. The third-order valence-electron chi connectivity index (χ3n) is 4.13. The third kappa shape index (κ3) is 4.71. The van der Waals surface area contributed by atoms with Crippen LogP contribution in [0.15, 0.2) is 82.6 Å². The third-order valence-corrected chi connectivity index (χ3v) is 7.54. The second kappa shape index (κ2) is 7.65. The number of aromatic hydroxyl groups is 2. The first-order valence-electron chi connectivity index (χ1n) is 8.27. The summed E-state index contributed by atoms with van der Waals surface area (Å²) in [7, 11) is -7.31. The number of sulfone groups is 2. The van der Waals surface area contributed by atoms with Crippen molar-refractivity contribution in [1.82, 2.24) is 0 Å². The average molecular weight is 418 g/mol. The fourth-order valence-electron chi connectivity index (χ4n) is 2.64. The smallest absolute Gasteiger partial charge is 0.182 e. The molecule has 0 radical (unpaired) electrons. The number of phenols is 2. The normalized spacial score (nSPS) is 12.0. The Balaban J connectivity index is 1.79. The Morgan fingerprint density at radius 2 is 0.786 bits per heavy atom. The van der Waals surface area contributed by atoms with Gasteiger partial charge in [-0.05, 0) is 59.7 Å². The predicted molar refractivity (Wildman–Crippen MR) is 104 cm³/mol. The summed E-state index contributed by atoms with van der Waals surface area (Å²) in [4.78, 5) is 0.0355. The van der Waals surface area contributed by atoms with Crippen LogP contribution in [0.4, 0.5) is 0 Å². The molecule has 2 N–H and O–H groups in total. The van der Waals surface area contributed by atoms with Crippen LogP contribution in [-0.4, -0.2) is 27.0 Å². The lowest BCUT2D eigenvalue weighted by molar-refractivity contribution is 0.474. The highest BCUT2D eigenvalue weighted by atomic mass is 32.2. The van der Waals surface area contributed by atoms with E-state index in [4.69, 9.17) is 0 Å². The van der Waals surface area contributed by atoms with Crippen molar-refractivity contribution in [2.24, 2.45) is 0 Å². The fraction of sp³-hybridized carbons (Fsp3) is 0.100. The lowest BCUT2D eigenvalue weighted by Gasteiger charge is -2.08. The maximum atomic E-state index is 12.5. The summed E-state index contributed by atoms with van der Waals surface area (Å²) in [6.07, 6.45) is 0. The van der Waals surface area contributed by atoms with Crippen molar-refractivity contribution in [1.29, 1.82) is 0 Å². The van der Waals surface area contributed by atoms with Gasteiger partial charge in [0, 0.05) is 0 Å². The highest BCUT2D eigenvalue weighted by molar-refractivity contribution is 7.91. The minimum Gasteiger partial charge on any atom is -0.508 e. The van der Waals surface area contributed by atoms with Crippen molar-refractivity contribution in [2.75, 3.05) is 0 Å². The van der Waals surface area contributed by atoms with Gasteiger partial charge in [0.2, 0.25) is 0 Å².